The van der Waals surface area contributed by atoms with Gasteiger partial charge in [-0.2, -0.15) is 20.4 Å². The molecule has 8 aliphatic carbocycles. The van der Waals surface area contributed by atoms with Crippen molar-refractivity contribution >= 4 is 45.7 Å². The molecule has 12 atom stereocenters. The van der Waals surface area contributed by atoms with Crippen molar-refractivity contribution < 1.29 is 20.5 Å². The van der Waals surface area contributed by atoms with E-state index in [1.165, 1.54) is 86.1 Å². The number of carbonyl (C=O) groups is 4. The largest absolute Gasteiger partial charge is 0.299 e. The van der Waals surface area contributed by atoms with E-state index >= 15 is 0 Å². The fourth-order valence-electron chi connectivity index (χ4n) is 19.1. The molecular weight excluding hydrogens is 1320 g/mol. The second kappa shape index (κ2) is 28.5. The second-order valence-electron chi connectivity index (χ2n) is 29.4. The smallest absolute Gasteiger partial charge is 0.171 e. The van der Waals surface area contributed by atoms with Crippen LogP contribution in [-0.2, 0) is 94.7 Å². The third-order valence-corrected chi connectivity index (χ3v) is 24.9. The number of rotatable bonds is 4. The molecule has 4 aromatic carbocycles. The highest BCUT2D eigenvalue weighted by Crippen LogP contribution is 2.56. The lowest BCUT2D eigenvalue weighted by Gasteiger charge is -2.46. The predicted molar refractivity (Wildman–Crippen MR) is 409 cm³/mol. The summed E-state index contributed by atoms with van der Waals surface area (Å²) in [6.45, 7) is 19.4. The van der Waals surface area contributed by atoms with Gasteiger partial charge in [0, 0.05) is 126 Å². The Labute approximate surface area is 599 Å². The molecule has 518 valence electrons. The molecule has 0 unspecified atom stereocenters. The van der Waals surface area contributed by atoms with Crippen LogP contribution in [0.25, 0.3) is 45.0 Å². The van der Waals surface area contributed by atoms with Gasteiger partial charge in [-0.1, -0.05) is 225 Å². The van der Waals surface area contributed by atoms with E-state index in [2.05, 4.69) is 211 Å². The summed E-state index contributed by atoms with van der Waals surface area (Å²) in [7, 11) is 9.40. The Hall–Kier alpha value is -7.65. The second-order valence-corrected chi connectivity index (χ2v) is 30.6. The number of hydrogen-bond donors (Lipinski definition) is 0. The molecule has 4 heterocycles. The van der Waals surface area contributed by atoms with Gasteiger partial charge in [-0.15, -0.1) is 0 Å². The number of allylic oxidation sites excluding steroid dienone is 6. The van der Waals surface area contributed by atoms with Crippen LogP contribution in [0.5, 0.6) is 0 Å². The molecule has 98 heavy (non-hydrogen) atoms. The maximum absolute atomic E-state index is 12.4. The van der Waals surface area contributed by atoms with Crippen LogP contribution in [-0.4, -0.2) is 62.3 Å². The summed E-state index contributed by atoms with van der Waals surface area (Å²) in [6, 6.07) is 42.0. The number of hydrogen-bond acceptors (Lipinski definition) is 8. The lowest BCUT2D eigenvalue weighted by molar-refractivity contribution is -0.129. The summed E-state index contributed by atoms with van der Waals surface area (Å²) in [5.41, 5.74) is 20.5. The average Bonchev–Trinajstić information content (AvgIpc) is 1.68. The Balaban J connectivity index is 0.000000151. The minimum absolute atomic E-state index is 0. The summed E-state index contributed by atoms with van der Waals surface area (Å²) in [6.07, 6.45) is 18.1. The first-order valence-electron chi connectivity index (χ1n) is 35.3. The molecule has 12 nitrogen and oxygen atoms in total. The molecule has 1 saturated carbocycles. The Morgan fingerprint density at radius 1 is 0.429 bits per heavy atom. The molecule has 0 spiro atoms. The number of benzene rings is 4. The molecule has 4 aromatic heterocycles. The summed E-state index contributed by atoms with van der Waals surface area (Å²) >= 11 is 2.20. The molecular formula is C85H107IN8O4. The first kappa shape index (κ1) is 73.1. The third-order valence-electron chi connectivity index (χ3n) is 24.0. The molecule has 16 rings (SSSR count). The lowest BCUT2D eigenvalue weighted by atomic mass is 9.56. The normalized spacial score (nSPS) is 28.2. The third kappa shape index (κ3) is 12.3. The number of Topliss-reactive ketones (excluding diaryl/α,β-unsaturated/α-hetero) is 3. The van der Waals surface area contributed by atoms with Crippen LogP contribution in [0.1, 0.15) is 177 Å². The van der Waals surface area contributed by atoms with Gasteiger partial charge in [0.1, 0.15) is 5.78 Å². The maximum atomic E-state index is 12.4. The van der Waals surface area contributed by atoms with Crippen molar-refractivity contribution in [1.29, 1.82) is 0 Å². The van der Waals surface area contributed by atoms with Gasteiger partial charge < -0.3 is 0 Å². The molecule has 0 amide bonds. The molecule has 13 heteroatoms. The number of halogens is 1. The number of aromatic nitrogens is 8. The lowest BCUT2D eigenvalue weighted by Crippen LogP contribution is -2.46. The van der Waals surface area contributed by atoms with E-state index in [4.69, 9.17) is 21.8 Å². The average molecular weight is 1430 g/mol. The summed E-state index contributed by atoms with van der Waals surface area (Å²) in [5, 5.41) is 19.7. The van der Waals surface area contributed by atoms with Gasteiger partial charge in [0.15, 0.2) is 17.3 Å². The minimum atomic E-state index is -0.151. The Bertz CT molecular complexity index is 4240. The van der Waals surface area contributed by atoms with E-state index in [1.54, 1.807) is 6.08 Å². The zero-order valence-corrected chi connectivity index (χ0v) is 60.3. The van der Waals surface area contributed by atoms with Crippen LogP contribution in [0.2, 0.25) is 0 Å². The van der Waals surface area contributed by atoms with Crippen LogP contribution < -0.4 is 0 Å². The molecule has 8 aliphatic rings. The first-order valence-corrected chi connectivity index (χ1v) is 35.4. The highest BCUT2D eigenvalue weighted by atomic mass is 127. The van der Waals surface area contributed by atoms with E-state index in [1.807, 2.05) is 60.3 Å². The Kier molecular flexibility index (Phi) is 21.3. The predicted octanol–water partition coefficient (Wildman–Crippen LogP) is 18.6. The zero-order valence-electron chi connectivity index (χ0n) is 59.1. The van der Waals surface area contributed by atoms with Crippen molar-refractivity contribution in [3.63, 3.8) is 0 Å². The highest BCUT2D eigenvalue weighted by molar-refractivity contribution is 14.1. The van der Waals surface area contributed by atoms with E-state index < -0.39 is 0 Å². The van der Waals surface area contributed by atoms with E-state index in [0.29, 0.717) is 47.4 Å². The molecule has 8 aromatic rings. The molecule has 0 aliphatic heterocycles. The van der Waals surface area contributed by atoms with Gasteiger partial charge in [-0.05, 0) is 123 Å². The molecule has 0 bridgehead atoms. The van der Waals surface area contributed by atoms with Crippen LogP contribution in [0, 0.1) is 47.3 Å². The minimum Gasteiger partial charge on any atom is -0.299 e. The molecule has 0 radical (unpaired) electrons. The van der Waals surface area contributed by atoms with Gasteiger partial charge in [-0.25, -0.2) is 0 Å². The van der Waals surface area contributed by atoms with Crippen molar-refractivity contribution in [3.05, 3.63) is 200 Å². The highest BCUT2D eigenvalue weighted by Gasteiger charge is 2.53. The molecule has 0 N–H and O–H groups in total. The Morgan fingerprint density at radius 2 is 0.755 bits per heavy atom. The number of fused-ring (bicyclic) bond motifs is 12. The molecule has 1 fully saturated rings. The molecule has 0 saturated heterocycles. The standard InChI is InChI=1S/C21H24N2O.C20H21IN2O.C20H24N2O.C20H22N2O.4CH4/c1-13-12-21(3)17(14(2)19(13)24)11-10-16-18(23(4)22-20(16)21)15-8-6-5-7-9-15;1-12-15-10-9-14-17(13-7-5-4-6-8-13)23(3)22-19(14)20(15,2)11-16(21)18(12)24;2*1-13-16-10-9-15-18(14-7-5-4-6-8-14)22(3)21-19(15)20(16,2)12-11-17(13)23;;;;/h5-9,12,14,17H,10-11H2,1-4H3;4-8,11-12,15H,9-10H2,1-3H3;4-8,13,16H,9-12H2,1-3H3;4-8,11-13,16H,9-10H2,1-3H3;4*1H4/t14-,17-,21-;12-,15-,20-;2*13-,16-,20-;;;;/m0000..../s1/i;;;;1T;;;. The number of carbonyl (C=O) groups excluding carboxylic acids is 4. The van der Waals surface area contributed by atoms with Crippen LogP contribution >= 0.6 is 22.6 Å². The first-order chi connectivity index (χ1) is 45.9. The SMILES string of the molecule is C.C.C.CC1=C[C@]2(C)c3nn(C)c(-c4ccccc4)c3CC[C@H]2[C@H](C)C1=O.C[C@@H]1C(=O)C(I)=C[C@]2(C)c3nn(C)c(-c4ccccc4)c3CC[C@@H]12.C[C@@H]1C(=O)C=C[C@]2(C)c3nn(C)c(-c4ccccc4)c3CC[C@@H]12.C[C@@H]1C(=O)CC[C@]2(C)c3nn(C)c(-c4ccccc4)c3CC[C@@H]12.[3H]C. The van der Waals surface area contributed by atoms with Crippen molar-refractivity contribution in [3.8, 4) is 45.0 Å². The maximum Gasteiger partial charge on any atom is 0.171 e. The van der Waals surface area contributed by atoms with E-state index in [0.717, 1.165) is 78.3 Å². The summed E-state index contributed by atoms with van der Waals surface area (Å²) in [4.78, 5) is 49.1. The van der Waals surface area contributed by atoms with Gasteiger partial charge in [0.2, 0.25) is 0 Å². The number of ketones is 4. The van der Waals surface area contributed by atoms with E-state index in [-0.39, 0.29) is 73.4 Å². The fraction of sp³-hybridized carbons (Fsp3) is 0.459. The fourth-order valence-corrected chi connectivity index (χ4v) is 20.3. The van der Waals surface area contributed by atoms with Crippen molar-refractivity contribution in [2.75, 3.05) is 0 Å². The summed E-state index contributed by atoms with van der Waals surface area (Å²) in [5.74, 6) is 3.18. The van der Waals surface area contributed by atoms with Crippen LogP contribution in [0.15, 0.2) is 155 Å². The van der Waals surface area contributed by atoms with Gasteiger partial charge in [-0.3, -0.25) is 37.9 Å². The Morgan fingerprint density at radius 3 is 1.15 bits per heavy atom. The van der Waals surface area contributed by atoms with Crippen molar-refractivity contribution in [2.45, 2.75) is 178 Å². The topological polar surface area (TPSA) is 140 Å². The number of aryl methyl sites for hydroxylation is 4. The quantitative estimate of drug-likeness (QED) is 0.159. The van der Waals surface area contributed by atoms with Gasteiger partial charge in [0.25, 0.3) is 0 Å². The van der Waals surface area contributed by atoms with Gasteiger partial charge >= 0.3 is 0 Å². The number of nitrogens with zero attached hydrogens (tertiary/aromatic N) is 8. The van der Waals surface area contributed by atoms with Crippen LogP contribution in [0.4, 0.5) is 0 Å². The summed E-state index contributed by atoms with van der Waals surface area (Å²) < 4.78 is 14.7. The zero-order chi connectivity index (χ0) is 68.5. The van der Waals surface area contributed by atoms with Crippen LogP contribution in [0.3, 0.4) is 0 Å². The van der Waals surface area contributed by atoms with E-state index in [9.17, 15) is 19.2 Å². The monoisotopic (exact) mass is 1430 g/mol. The van der Waals surface area contributed by atoms with Crippen molar-refractivity contribution in [2.24, 2.45) is 75.5 Å². The van der Waals surface area contributed by atoms with Crippen molar-refractivity contribution in [1.82, 2.24) is 39.1 Å². The van der Waals surface area contributed by atoms with Gasteiger partial charge in [0.05, 0.1) is 49.1 Å².